The number of piperazine rings is 1. The number of hydrogen-bond donors (Lipinski definition) is 1. The Morgan fingerprint density at radius 3 is 2.85 bits per heavy atom. The fraction of sp³-hybridized carbons (Fsp3) is 0.900. The molecule has 1 rings (SSSR count). The predicted octanol–water partition coefficient (Wildman–Crippen LogP) is 0.997. The third kappa shape index (κ3) is 2.99. The summed E-state index contributed by atoms with van der Waals surface area (Å²) in [4.78, 5) is 13.4. The van der Waals surface area contributed by atoms with Crippen LogP contribution >= 0.6 is 0 Å². The Bertz CT molecular complexity index is 170. The highest BCUT2D eigenvalue weighted by Gasteiger charge is 2.23. The molecule has 0 aromatic heterocycles. The Balaban J connectivity index is 2.38. The van der Waals surface area contributed by atoms with E-state index in [-0.39, 0.29) is 5.91 Å². The van der Waals surface area contributed by atoms with E-state index in [1.165, 1.54) is 12.8 Å². The van der Waals surface area contributed by atoms with Crippen LogP contribution in [-0.2, 0) is 4.79 Å². The third-order valence-electron chi connectivity index (χ3n) is 2.47. The van der Waals surface area contributed by atoms with Gasteiger partial charge in [0.1, 0.15) is 0 Å². The average molecular weight is 184 g/mol. The normalized spacial score (nSPS) is 23.7. The SMILES string of the molecule is CCCC1CN(CCC)C(=O)CN1. The second-order valence-electron chi connectivity index (χ2n) is 3.71. The van der Waals surface area contributed by atoms with Crippen LogP contribution in [0.3, 0.4) is 0 Å². The largest absolute Gasteiger partial charge is 0.340 e. The molecule has 1 fully saturated rings. The van der Waals surface area contributed by atoms with E-state index in [4.69, 9.17) is 0 Å². The zero-order valence-corrected chi connectivity index (χ0v) is 8.68. The van der Waals surface area contributed by atoms with Crippen molar-refractivity contribution in [3.8, 4) is 0 Å². The molecule has 3 nitrogen and oxygen atoms in total. The fourth-order valence-electron chi connectivity index (χ4n) is 1.80. The highest BCUT2D eigenvalue weighted by Crippen LogP contribution is 2.06. The van der Waals surface area contributed by atoms with E-state index in [0.29, 0.717) is 12.6 Å². The van der Waals surface area contributed by atoms with Crippen LogP contribution in [0.1, 0.15) is 33.1 Å². The Morgan fingerprint density at radius 1 is 1.46 bits per heavy atom. The standard InChI is InChI=1S/C10H20N2O/c1-3-5-9-8-12(6-4-2)10(13)7-11-9/h9,11H,3-8H2,1-2H3. The van der Waals surface area contributed by atoms with Crippen LogP contribution in [0.15, 0.2) is 0 Å². The summed E-state index contributed by atoms with van der Waals surface area (Å²) in [5.41, 5.74) is 0. The highest BCUT2D eigenvalue weighted by atomic mass is 16.2. The zero-order valence-electron chi connectivity index (χ0n) is 8.68. The molecule has 1 atom stereocenters. The van der Waals surface area contributed by atoms with E-state index in [2.05, 4.69) is 19.2 Å². The minimum absolute atomic E-state index is 0.259. The molecule has 76 valence electrons. The van der Waals surface area contributed by atoms with Gasteiger partial charge in [-0.05, 0) is 12.8 Å². The molecule has 0 spiro atoms. The van der Waals surface area contributed by atoms with E-state index < -0.39 is 0 Å². The van der Waals surface area contributed by atoms with Gasteiger partial charge in [-0.15, -0.1) is 0 Å². The first-order valence-corrected chi connectivity index (χ1v) is 5.29. The van der Waals surface area contributed by atoms with Gasteiger partial charge in [0.15, 0.2) is 0 Å². The molecule has 1 N–H and O–H groups in total. The van der Waals surface area contributed by atoms with Crippen molar-refractivity contribution in [3.05, 3.63) is 0 Å². The van der Waals surface area contributed by atoms with Gasteiger partial charge in [-0.25, -0.2) is 0 Å². The van der Waals surface area contributed by atoms with Crippen LogP contribution in [0.4, 0.5) is 0 Å². The summed E-state index contributed by atoms with van der Waals surface area (Å²) in [5, 5.41) is 3.27. The number of carbonyl (C=O) groups is 1. The Labute approximate surface area is 80.5 Å². The molecular weight excluding hydrogens is 164 g/mol. The molecule has 0 bridgehead atoms. The number of hydrogen-bond acceptors (Lipinski definition) is 2. The molecule has 3 heteroatoms. The van der Waals surface area contributed by atoms with Crippen molar-refractivity contribution in [3.63, 3.8) is 0 Å². The molecule has 1 aliphatic heterocycles. The van der Waals surface area contributed by atoms with Gasteiger partial charge in [0.25, 0.3) is 0 Å². The Kier molecular flexibility index (Phi) is 4.22. The van der Waals surface area contributed by atoms with Crippen molar-refractivity contribution in [2.24, 2.45) is 0 Å². The van der Waals surface area contributed by atoms with Gasteiger partial charge in [-0.1, -0.05) is 20.3 Å². The molecule has 0 saturated carbocycles. The Morgan fingerprint density at radius 2 is 2.23 bits per heavy atom. The lowest BCUT2D eigenvalue weighted by Gasteiger charge is -2.33. The van der Waals surface area contributed by atoms with Crippen LogP contribution in [-0.4, -0.2) is 36.5 Å². The smallest absolute Gasteiger partial charge is 0.236 e. The number of nitrogens with zero attached hydrogens (tertiary/aromatic N) is 1. The van der Waals surface area contributed by atoms with Gasteiger partial charge in [0.05, 0.1) is 6.54 Å². The van der Waals surface area contributed by atoms with Crippen molar-refractivity contribution in [1.82, 2.24) is 10.2 Å². The summed E-state index contributed by atoms with van der Waals surface area (Å²) < 4.78 is 0. The first-order valence-electron chi connectivity index (χ1n) is 5.29. The van der Waals surface area contributed by atoms with Gasteiger partial charge in [0.2, 0.25) is 5.91 Å². The zero-order chi connectivity index (χ0) is 9.68. The molecule has 1 unspecified atom stereocenters. The predicted molar refractivity (Wildman–Crippen MR) is 53.6 cm³/mol. The molecule has 0 aromatic carbocycles. The third-order valence-corrected chi connectivity index (χ3v) is 2.47. The molecule has 0 aliphatic carbocycles. The first kappa shape index (κ1) is 10.5. The quantitative estimate of drug-likeness (QED) is 0.707. The van der Waals surface area contributed by atoms with Crippen molar-refractivity contribution < 1.29 is 4.79 Å². The number of nitrogens with one attached hydrogen (secondary N) is 1. The second kappa shape index (κ2) is 5.22. The monoisotopic (exact) mass is 184 g/mol. The summed E-state index contributed by atoms with van der Waals surface area (Å²) in [7, 11) is 0. The van der Waals surface area contributed by atoms with Crippen LogP contribution in [0, 0.1) is 0 Å². The first-order chi connectivity index (χ1) is 6.27. The lowest BCUT2D eigenvalue weighted by atomic mass is 10.1. The van der Waals surface area contributed by atoms with Gasteiger partial charge in [-0.3, -0.25) is 4.79 Å². The van der Waals surface area contributed by atoms with Crippen molar-refractivity contribution in [2.75, 3.05) is 19.6 Å². The van der Waals surface area contributed by atoms with E-state index >= 15 is 0 Å². The van der Waals surface area contributed by atoms with Crippen LogP contribution in [0.2, 0.25) is 0 Å². The maximum atomic E-state index is 11.4. The second-order valence-corrected chi connectivity index (χ2v) is 3.71. The molecule has 1 saturated heterocycles. The molecule has 1 amide bonds. The summed E-state index contributed by atoms with van der Waals surface area (Å²) in [5.74, 6) is 0.259. The minimum atomic E-state index is 0.259. The van der Waals surface area contributed by atoms with Crippen LogP contribution in [0.5, 0.6) is 0 Å². The lowest BCUT2D eigenvalue weighted by molar-refractivity contribution is -0.133. The van der Waals surface area contributed by atoms with Crippen molar-refractivity contribution in [1.29, 1.82) is 0 Å². The molecule has 1 aliphatic rings. The number of rotatable bonds is 4. The van der Waals surface area contributed by atoms with Crippen molar-refractivity contribution >= 4 is 5.91 Å². The summed E-state index contributed by atoms with van der Waals surface area (Å²) >= 11 is 0. The topological polar surface area (TPSA) is 32.3 Å². The highest BCUT2D eigenvalue weighted by molar-refractivity contribution is 5.79. The summed E-state index contributed by atoms with van der Waals surface area (Å²) in [6.45, 7) is 6.65. The van der Waals surface area contributed by atoms with E-state index in [0.717, 1.165) is 19.5 Å². The molecular formula is C10H20N2O. The van der Waals surface area contributed by atoms with Gasteiger partial charge in [0, 0.05) is 19.1 Å². The van der Waals surface area contributed by atoms with Gasteiger partial charge in [-0.2, -0.15) is 0 Å². The average Bonchev–Trinajstić information content (AvgIpc) is 2.12. The van der Waals surface area contributed by atoms with Crippen LogP contribution in [0.25, 0.3) is 0 Å². The lowest BCUT2D eigenvalue weighted by Crippen LogP contribution is -2.54. The minimum Gasteiger partial charge on any atom is -0.340 e. The number of carbonyl (C=O) groups excluding carboxylic acids is 1. The molecule has 0 aromatic rings. The number of amides is 1. The van der Waals surface area contributed by atoms with Gasteiger partial charge < -0.3 is 10.2 Å². The van der Waals surface area contributed by atoms with E-state index in [1.807, 2.05) is 4.90 Å². The Hall–Kier alpha value is -0.570. The molecule has 0 radical (unpaired) electrons. The maximum absolute atomic E-state index is 11.4. The molecule has 13 heavy (non-hydrogen) atoms. The van der Waals surface area contributed by atoms with E-state index in [1.54, 1.807) is 0 Å². The maximum Gasteiger partial charge on any atom is 0.236 e. The van der Waals surface area contributed by atoms with Crippen LogP contribution < -0.4 is 5.32 Å². The molecule has 1 heterocycles. The van der Waals surface area contributed by atoms with Gasteiger partial charge >= 0.3 is 0 Å². The van der Waals surface area contributed by atoms with E-state index in [9.17, 15) is 4.79 Å². The summed E-state index contributed by atoms with van der Waals surface area (Å²) in [6, 6.07) is 0.522. The summed E-state index contributed by atoms with van der Waals surface area (Å²) in [6.07, 6.45) is 3.42. The van der Waals surface area contributed by atoms with Crippen molar-refractivity contribution in [2.45, 2.75) is 39.2 Å². The fourth-order valence-corrected chi connectivity index (χ4v) is 1.80.